The van der Waals surface area contributed by atoms with Crippen LogP contribution in [0.4, 0.5) is 5.69 Å². The van der Waals surface area contributed by atoms with Crippen LogP contribution < -0.4 is 9.64 Å². The van der Waals surface area contributed by atoms with E-state index in [1.807, 2.05) is 92.0 Å². The maximum atomic E-state index is 13.2. The van der Waals surface area contributed by atoms with Crippen molar-refractivity contribution in [2.45, 2.75) is 11.8 Å². The van der Waals surface area contributed by atoms with Crippen LogP contribution in [0.1, 0.15) is 11.1 Å². The van der Waals surface area contributed by atoms with Gasteiger partial charge in [-0.15, -0.1) is 11.8 Å². The highest BCUT2D eigenvalue weighted by Gasteiger charge is 2.33. The second-order valence-corrected chi connectivity index (χ2v) is 7.47. The van der Waals surface area contributed by atoms with E-state index < -0.39 is 0 Å². The molecule has 0 spiro atoms. The Bertz CT molecular complexity index is 1070. The van der Waals surface area contributed by atoms with Crippen molar-refractivity contribution in [3.8, 4) is 5.75 Å². The summed E-state index contributed by atoms with van der Waals surface area (Å²) in [5, 5.41) is 0. The number of carbonyl (C=O) groups excluding carboxylic acids is 1. The van der Waals surface area contributed by atoms with Crippen LogP contribution in [0, 0.1) is 6.92 Å². The van der Waals surface area contributed by atoms with E-state index in [0.29, 0.717) is 11.4 Å². The van der Waals surface area contributed by atoms with Crippen LogP contribution in [0.3, 0.4) is 0 Å². The van der Waals surface area contributed by atoms with Gasteiger partial charge in [0.2, 0.25) is 0 Å². The summed E-state index contributed by atoms with van der Waals surface area (Å²) in [6, 6.07) is 25.4. The van der Waals surface area contributed by atoms with Crippen LogP contribution in [-0.2, 0) is 4.79 Å². The largest absolute Gasteiger partial charge is 0.425 e. The molecule has 29 heavy (non-hydrogen) atoms. The summed E-state index contributed by atoms with van der Waals surface area (Å²) in [6.45, 7) is 2.01. The zero-order chi connectivity index (χ0) is 20.2. The number of hydrogen-bond acceptors (Lipinski definition) is 4. The Labute approximate surface area is 174 Å². The Kier molecular flexibility index (Phi) is 5.49. The smallest absolute Gasteiger partial charge is 0.310 e. The number of amides is 1. The number of aryl methyl sites for hydroxylation is 1. The highest BCUT2D eigenvalue weighted by Crippen LogP contribution is 2.27. The SMILES string of the molecule is CSc1ccc(OC2=N/C(=C/c3ccccc3)C(=O)N2c2ccc(C)cc2)cc1. The minimum Gasteiger partial charge on any atom is -0.425 e. The molecule has 0 saturated heterocycles. The van der Waals surface area contributed by atoms with E-state index >= 15 is 0 Å². The molecule has 1 aliphatic rings. The predicted molar refractivity (Wildman–Crippen MR) is 119 cm³/mol. The van der Waals surface area contributed by atoms with E-state index in [-0.39, 0.29) is 11.9 Å². The first-order valence-corrected chi connectivity index (χ1v) is 10.4. The number of nitrogens with zero attached hydrogens (tertiary/aromatic N) is 2. The van der Waals surface area contributed by atoms with Gasteiger partial charge >= 0.3 is 6.02 Å². The highest BCUT2D eigenvalue weighted by atomic mass is 32.2. The van der Waals surface area contributed by atoms with Gasteiger partial charge in [-0.3, -0.25) is 4.79 Å². The first-order chi connectivity index (χ1) is 14.1. The number of ether oxygens (including phenoxy) is 1. The number of amidine groups is 1. The molecular weight excluding hydrogens is 380 g/mol. The van der Waals surface area contributed by atoms with Gasteiger partial charge in [0, 0.05) is 4.90 Å². The van der Waals surface area contributed by atoms with Crippen molar-refractivity contribution in [1.82, 2.24) is 0 Å². The van der Waals surface area contributed by atoms with E-state index in [9.17, 15) is 4.79 Å². The average Bonchev–Trinajstić information content (AvgIpc) is 3.05. The molecule has 0 unspecified atom stereocenters. The molecule has 144 valence electrons. The van der Waals surface area contributed by atoms with Gasteiger partial charge in [0.25, 0.3) is 5.91 Å². The lowest BCUT2D eigenvalue weighted by Gasteiger charge is -2.18. The van der Waals surface area contributed by atoms with E-state index in [0.717, 1.165) is 21.7 Å². The summed E-state index contributed by atoms with van der Waals surface area (Å²) in [7, 11) is 0. The summed E-state index contributed by atoms with van der Waals surface area (Å²) < 4.78 is 6.02. The van der Waals surface area contributed by atoms with Crippen molar-refractivity contribution in [3.05, 3.63) is 95.7 Å². The molecule has 4 nitrogen and oxygen atoms in total. The molecule has 1 amide bonds. The third-order valence-electron chi connectivity index (χ3n) is 4.49. The second kappa shape index (κ2) is 8.37. The topological polar surface area (TPSA) is 41.9 Å². The minimum absolute atomic E-state index is 0.214. The number of anilines is 1. The minimum atomic E-state index is -0.214. The monoisotopic (exact) mass is 400 g/mol. The maximum absolute atomic E-state index is 13.2. The van der Waals surface area contributed by atoms with Crippen molar-refractivity contribution in [2.75, 3.05) is 11.2 Å². The molecule has 0 aromatic heterocycles. The molecule has 0 fully saturated rings. The molecule has 3 aromatic rings. The maximum Gasteiger partial charge on any atom is 0.310 e. The number of rotatable bonds is 4. The van der Waals surface area contributed by atoms with Crippen molar-refractivity contribution >= 4 is 35.5 Å². The van der Waals surface area contributed by atoms with Gasteiger partial charge in [-0.2, -0.15) is 4.99 Å². The standard InChI is InChI=1S/C24H20N2O2S/c1-17-8-10-19(11-9-17)26-23(27)22(16-18-6-4-3-5-7-18)25-24(26)28-20-12-14-21(29-2)15-13-20/h3-16H,1-2H3/b22-16+. The quantitative estimate of drug-likeness (QED) is 0.427. The normalized spacial score (nSPS) is 15.0. The molecule has 0 bridgehead atoms. The Hall–Kier alpha value is -3.31. The number of aliphatic imine (C=N–C) groups is 1. The van der Waals surface area contributed by atoms with Gasteiger partial charge < -0.3 is 4.74 Å². The van der Waals surface area contributed by atoms with Gasteiger partial charge in [0.15, 0.2) is 0 Å². The van der Waals surface area contributed by atoms with Crippen LogP contribution >= 0.6 is 11.8 Å². The van der Waals surface area contributed by atoms with Gasteiger partial charge in [0.1, 0.15) is 11.4 Å². The number of thioether (sulfide) groups is 1. The molecule has 5 heteroatoms. The zero-order valence-corrected chi connectivity index (χ0v) is 17.0. The molecule has 0 radical (unpaired) electrons. The molecule has 3 aromatic carbocycles. The summed E-state index contributed by atoms with van der Waals surface area (Å²) in [5.74, 6) is 0.417. The van der Waals surface area contributed by atoms with E-state index in [2.05, 4.69) is 4.99 Å². The summed E-state index contributed by atoms with van der Waals surface area (Å²) >= 11 is 1.66. The van der Waals surface area contributed by atoms with Crippen molar-refractivity contribution in [1.29, 1.82) is 0 Å². The van der Waals surface area contributed by atoms with Crippen LogP contribution in [0.25, 0.3) is 6.08 Å². The summed E-state index contributed by atoms with van der Waals surface area (Å²) in [4.78, 5) is 20.3. The van der Waals surface area contributed by atoms with Gasteiger partial charge in [-0.25, -0.2) is 4.90 Å². The van der Waals surface area contributed by atoms with E-state index in [1.165, 1.54) is 4.90 Å². The van der Waals surface area contributed by atoms with Crippen LogP contribution in [0.5, 0.6) is 5.75 Å². The molecule has 0 atom stereocenters. The lowest BCUT2D eigenvalue weighted by atomic mass is 10.2. The van der Waals surface area contributed by atoms with Crippen molar-refractivity contribution < 1.29 is 9.53 Å². The first kappa shape index (κ1) is 19.0. The average molecular weight is 401 g/mol. The Morgan fingerprint density at radius 2 is 1.62 bits per heavy atom. The van der Waals surface area contributed by atoms with Crippen LogP contribution in [0.2, 0.25) is 0 Å². The fraction of sp³-hybridized carbons (Fsp3) is 0.0833. The second-order valence-electron chi connectivity index (χ2n) is 6.59. The molecule has 0 N–H and O–H groups in total. The van der Waals surface area contributed by atoms with Crippen LogP contribution in [0.15, 0.2) is 94.4 Å². The van der Waals surface area contributed by atoms with Crippen molar-refractivity contribution in [3.63, 3.8) is 0 Å². The lowest BCUT2D eigenvalue weighted by molar-refractivity contribution is -0.113. The van der Waals surface area contributed by atoms with Gasteiger partial charge in [-0.1, -0.05) is 48.0 Å². The Balaban J connectivity index is 1.71. The summed E-state index contributed by atoms with van der Waals surface area (Å²) in [5.41, 5.74) is 3.09. The molecule has 0 aliphatic carbocycles. The third kappa shape index (κ3) is 4.25. The predicted octanol–water partition coefficient (Wildman–Crippen LogP) is 5.54. The fourth-order valence-electron chi connectivity index (χ4n) is 2.94. The van der Waals surface area contributed by atoms with E-state index in [1.54, 1.807) is 17.8 Å². The molecule has 0 saturated carbocycles. The Morgan fingerprint density at radius 1 is 0.931 bits per heavy atom. The molecule has 1 heterocycles. The van der Waals surface area contributed by atoms with E-state index in [4.69, 9.17) is 4.74 Å². The molecule has 4 rings (SSSR count). The Morgan fingerprint density at radius 3 is 2.28 bits per heavy atom. The lowest BCUT2D eigenvalue weighted by Crippen LogP contribution is -2.35. The van der Waals surface area contributed by atoms with Crippen LogP contribution in [-0.4, -0.2) is 18.2 Å². The molecule has 1 aliphatic heterocycles. The van der Waals surface area contributed by atoms with Gasteiger partial charge in [0.05, 0.1) is 5.69 Å². The first-order valence-electron chi connectivity index (χ1n) is 9.22. The number of hydrogen-bond donors (Lipinski definition) is 0. The van der Waals surface area contributed by atoms with Gasteiger partial charge in [-0.05, 0) is 61.2 Å². The number of carbonyl (C=O) groups is 1. The summed E-state index contributed by atoms with van der Waals surface area (Å²) in [6.07, 6.45) is 3.80. The van der Waals surface area contributed by atoms with Crippen molar-refractivity contribution in [2.24, 2.45) is 4.99 Å². The molecular formula is C24H20N2O2S. The fourth-order valence-corrected chi connectivity index (χ4v) is 3.35. The highest BCUT2D eigenvalue weighted by molar-refractivity contribution is 7.98. The number of benzene rings is 3. The third-order valence-corrected chi connectivity index (χ3v) is 5.24. The zero-order valence-electron chi connectivity index (χ0n) is 16.2.